The van der Waals surface area contributed by atoms with Gasteiger partial charge in [-0.2, -0.15) is 0 Å². The first kappa shape index (κ1) is 15.0. The van der Waals surface area contributed by atoms with Crippen LogP contribution in [0.5, 0.6) is 0 Å². The number of hydrogen-bond acceptors (Lipinski definition) is 3. The molecular weight excluding hydrogens is 248 g/mol. The van der Waals surface area contributed by atoms with Crippen molar-refractivity contribution in [1.82, 2.24) is 4.72 Å². The minimum atomic E-state index is -3.54. The third-order valence-corrected chi connectivity index (χ3v) is 5.19. The van der Waals surface area contributed by atoms with E-state index in [2.05, 4.69) is 4.72 Å². The second-order valence-corrected chi connectivity index (χ2v) is 6.89. The number of hydrogen-bond donors (Lipinski definition) is 2. The lowest BCUT2D eigenvalue weighted by molar-refractivity contribution is 0.439. The van der Waals surface area contributed by atoms with Gasteiger partial charge in [0.05, 0.1) is 4.90 Å². The van der Waals surface area contributed by atoms with Gasteiger partial charge in [0.15, 0.2) is 0 Å². The molecule has 1 rings (SSSR count). The molecule has 5 heteroatoms. The van der Waals surface area contributed by atoms with Crippen molar-refractivity contribution < 1.29 is 8.42 Å². The van der Waals surface area contributed by atoms with E-state index in [-0.39, 0.29) is 0 Å². The molecule has 0 spiro atoms. The first-order valence-corrected chi connectivity index (χ1v) is 7.48. The molecule has 1 aromatic carbocycles. The predicted octanol–water partition coefficient (Wildman–Crippen LogP) is 2.35. The van der Waals surface area contributed by atoms with Crippen LogP contribution in [0.3, 0.4) is 0 Å². The maximum absolute atomic E-state index is 12.4. The summed E-state index contributed by atoms with van der Waals surface area (Å²) in [6.45, 7) is 9.18. The van der Waals surface area contributed by atoms with E-state index in [0.717, 1.165) is 0 Å². The first-order chi connectivity index (χ1) is 8.10. The second kappa shape index (κ2) is 4.90. The summed E-state index contributed by atoms with van der Waals surface area (Å²) in [5.41, 5.74) is 7.13. The second-order valence-electron chi connectivity index (χ2n) is 5.27. The molecule has 0 aliphatic heterocycles. The van der Waals surface area contributed by atoms with Crippen molar-refractivity contribution >= 4 is 15.7 Å². The topological polar surface area (TPSA) is 72.2 Å². The Morgan fingerprint density at radius 2 is 1.83 bits per heavy atom. The zero-order chi connectivity index (χ0) is 14.1. The summed E-state index contributed by atoms with van der Waals surface area (Å²) >= 11 is 0. The third-order valence-electron chi connectivity index (χ3n) is 3.21. The van der Waals surface area contributed by atoms with Crippen LogP contribution in [0, 0.1) is 13.8 Å². The molecule has 0 aliphatic carbocycles. The fourth-order valence-electron chi connectivity index (χ4n) is 1.74. The molecule has 18 heavy (non-hydrogen) atoms. The summed E-state index contributed by atoms with van der Waals surface area (Å²) in [5.74, 6) is 0. The van der Waals surface area contributed by atoms with Crippen molar-refractivity contribution in [2.45, 2.75) is 51.5 Å². The lowest BCUT2D eigenvalue weighted by Gasteiger charge is -2.25. The van der Waals surface area contributed by atoms with Gasteiger partial charge in [-0.15, -0.1) is 0 Å². The van der Waals surface area contributed by atoms with Gasteiger partial charge in [0.25, 0.3) is 0 Å². The molecule has 0 fully saturated rings. The monoisotopic (exact) mass is 270 g/mol. The SMILES string of the molecule is CCC(C)(C)NS(=O)(=O)c1c(C)ccc(N)c1C. The van der Waals surface area contributed by atoms with Gasteiger partial charge in [0.1, 0.15) is 0 Å². The van der Waals surface area contributed by atoms with Crippen molar-refractivity contribution in [1.29, 1.82) is 0 Å². The normalized spacial score (nSPS) is 12.7. The van der Waals surface area contributed by atoms with Crippen molar-refractivity contribution in [2.75, 3.05) is 5.73 Å². The minimum Gasteiger partial charge on any atom is -0.398 e. The molecule has 1 aromatic rings. The van der Waals surface area contributed by atoms with Crippen LogP contribution in [0.2, 0.25) is 0 Å². The summed E-state index contributed by atoms with van der Waals surface area (Å²) < 4.78 is 27.6. The predicted molar refractivity (Wildman–Crippen MR) is 75.0 cm³/mol. The third kappa shape index (κ3) is 3.03. The van der Waals surface area contributed by atoms with Gasteiger partial charge in [-0.1, -0.05) is 13.0 Å². The van der Waals surface area contributed by atoms with Crippen LogP contribution in [0.15, 0.2) is 17.0 Å². The number of anilines is 1. The Labute approximate surface area is 110 Å². The van der Waals surface area contributed by atoms with Crippen LogP contribution in [0.4, 0.5) is 5.69 Å². The van der Waals surface area contributed by atoms with Crippen LogP contribution >= 0.6 is 0 Å². The molecule has 0 aliphatic rings. The van der Waals surface area contributed by atoms with Gasteiger partial charge in [-0.05, 0) is 51.3 Å². The number of benzene rings is 1. The molecule has 102 valence electrons. The molecule has 0 saturated carbocycles. The van der Waals surface area contributed by atoms with Crippen LogP contribution in [-0.4, -0.2) is 14.0 Å². The molecule has 0 radical (unpaired) electrons. The average Bonchev–Trinajstić information content (AvgIpc) is 2.22. The van der Waals surface area contributed by atoms with Gasteiger partial charge < -0.3 is 5.73 Å². The molecule has 0 unspecified atom stereocenters. The Bertz CT molecular complexity index is 548. The highest BCUT2D eigenvalue weighted by Crippen LogP contribution is 2.26. The minimum absolute atomic E-state index is 0.295. The fourth-order valence-corrected chi connectivity index (χ4v) is 3.73. The highest BCUT2D eigenvalue weighted by molar-refractivity contribution is 7.89. The lowest BCUT2D eigenvalue weighted by atomic mass is 10.0. The Morgan fingerprint density at radius 1 is 1.28 bits per heavy atom. The van der Waals surface area contributed by atoms with E-state index < -0.39 is 15.6 Å². The molecule has 0 aromatic heterocycles. The largest absolute Gasteiger partial charge is 0.398 e. The lowest BCUT2D eigenvalue weighted by Crippen LogP contribution is -2.43. The molecule has 0 heterocycles. The van der Waals surface area contributed by atoms with E-state index in [1.807, 2.05) is 20.8 Å². The first-order valence-electron chi connectivity index (χ1n) is 6.00. The van der Waals surface area contributed by atoms with E-state index in [4.69, 9.17) is 5.73 Å². The number of aryl methyl sites for hydroxylation is 1. The molecule has 0 bridgehead atoms. The zero-order valence-corrected chi connectivity index (χ0v) is 12.5. The molecule has 0 amide bonds. The van der Waals surface area contributed by atoms with E-state index in [1.165, 1.54) is 0 Å². The Morgan fingerprint density at radius 3 is 2.33 bits per heavy atom. The summed E-state index contributed by atoms with van der Waals surface area (Å²) in [6.07, 6.45) is 0.715. The maximum Gasteiger partial charge on any atom is 0.241 e. The number of rotatable bonds is 4. The van der Waals surface area contributed by atoms with Crippen molar-refractivity contribution in [3.05, 3.63) is 23.3 Å². The Kier molecular flexibility index (Phi) is 4.08. The zero-order valence-electron chi connectivity index (χ0n) is 11.7. The van der Waals surface area contributed by atoms with Crippen LogP contribution in [-0.2, 0) is 10.0 Å². The molecule has 3 N–H and O–H groups in total. The summed E-state index contributed by atoms with van der Waals surface area (Å²) in [5, 5.41) is 0. The van der Waals surface area contributed by atoms with Gasteiger partial charge in [-0.3, -0.25) is 0 Å². The number of nitrogen functional groups attached to an aromatic ring is 1. The van der Waals surface area contributed by atoms with Gasteiger partial charge in [0, 0.05) is 11.2 Å². The fraction of sp³-hybridized carbons (Fsp3) is 0.538. The van der Waals surface area contributed by atoms with Crippen LogP contribution in [0.1, 0.15) is 38.3 Å². The van der Waals surface area contributed by atoms with E-state index in [0.29, 0.717) is 28.1 Å². The van der Waals surface area contributed by atoms with Gasteiger partial charge in [-0.25, -0.2) is 13.1 Å². The van der Waals surface area contributed by atoms with Crippen molar-refractivity contribution in [3.8, 4) is 0 Å². The molecule has 0 atom stereocenters. The molecule has 4 nitrogen and oxygen atoms in total. The van der Waals surface area contributed by atoms with Crippen molar-refractivity contribution in [3.63, 3.8) is 0 Å². The van der Waals surface area contributed by atoms with Gasteiger partial charge >= 0.3 is 0 Å². The summed E-state index contributed by atoms with van der Waals surface area (Å²) in [7, 11) is -3.54. The van der Waals surface area contributed by atoms with E-state index in [9.17, 15) is 8.42 Å². The highest BCUT2D eigenvalue weighted by atomic mass is 32.2. The van der Waals surface area contributed by atoms with Gasteiger partial charge in [0.2, 0.25) is 10.0 Å². The Hall–Kier alpha value is -1.07. The number of nitrogens with two attached hydrogens (primary N) is 1. The number of nitrogens with one attached hydrogen (secondary N) is 1. The van der Waals surface area contributed by atoms with E-state index in [1.54, 1.807) is 26.0 Å². The summed E-state index contributed by atoms with van der Waals surface area (Å²) in [4.78, 5) is 0.295. The maximum atomic E-state index is 12.4. The molecular formula is C13H22N2O2S. The molecule has 0 saturated heterocycles. The quantitative estimate of drug-likeness (QED) is 0.825. The summed E-state index contributed by atoms with van der Waals surface area (Å²) in [6, 6.07) is 3.46. The average molecular weight is 270 g/mol. The van der Waals surface area contributed by atoms with Crippen LogP contribution in [0.25, 0.3) is 0 Å². The standard InChI is InChI=1S/C13H22N2O2S/c1-6-13(4,5)15-18(16,17)12-9(2)7-8-11(14)10(12)3/h7-8,15H,6,14H2,1-5H3. The van der Waals surface area contributed by atoms with E-state index >= 15 is 0 Å². The van der Waals surface area contributed by atoms with Crippen molar-refractivity contribution in [2.24, 2.45) is 0 Å². The highest BCUT2D eigenvalue weighted by Gasteiger charge is 2.27. The number of sulfonamides is 1. The van der Waals surface area contributed by atoms with Crippen LogP contribution < -0.4 is 10.5 Å². The Balaban J connectivity index is 3.34. The smallest absolute Gasteiger partial charge is 0.241 e.